The van der Waals surface area contributed by atoms with E-state index in [-0.39, 0.29) is 18.5 Å². The first-order valence-corrected chi connectivity index (χ1v) is 8.94. The molecule has 0 bridgehead atoms. The highest BCUT2D eigenvalue weighted by molar-refractivity contribution is 6.30. The summed E-state index contributed by atoms with van der Waals surface area (Å²) in [5, 5.41) is 4.36. The predicted octanol–water partition coefficient (Wildman–Crippen LogP) is 3.77. The summed E-state index contributed by atoms with van der Waals surface area (Å²) in [5.41, 5.74) is 2.28. The van der Waals surface area contributed by atoms with Gasteiger partial charge in [-0.3, -0.25) is 14.7 Å². The molecule has 1 saturated heterocycles. The van der Waals surface area contributed by atoms with E-state index < -0.39 is 0 Å². The van der Waals surface area contributed by atoms with Crippen LogP contribution in [0.15, 0.2) is 60.8 Å². The lowest BCUT2D eigenvalue weighted by atomic mass is 10.2. The number of rotatable bonds is 4. The van der Waals surface area contributed by atoms with Crippen molar-refractivity contribution < 1.29 is 9.59 Å². The number of urea groups is 1. The molecule has 7 heteroatoms. The highest BCUT2D eigenvalue weighted by atomic mass is 35.5. The number of fused-ring (bicyclic) bond motifs is 1. The molecule has 27 heavy (non-hydrogen) atoms. The van der Waals surface area contributed by atoms with Gasteiger partial charge in [0.25, 0.3) is 0 Å². The zero-order valence-electron chi connectivity index (χ0n) is 14.4. The molecule has 0 unspecified atom stereocenters. The zero-order valence-corrected chi connectivity index (χ0v) is 15.2. The molecule has 6 nitrogen and oxygen atoms in total. The van der Waals surface area contributed by atoms with Crippen LogP contribution in [0.3, 0.4) is 0 Å². The molecule has 0 radical (unpaired) electrons. The molecule has 3 aromatic rings. The van der Waals surface area contributed by atoms with Gasteiger partial charge in [-0.05, 0) is 42.5 Å². The Balaban J connectivity index is 1.41. The summed E-state index contributed by atoms with van der Waals surface area (Å²) >= 11 is 6.00. The number of amides is 3. The Morgan fingerprint density at radius 3 is 2.85 bits per heavy atom. The number of nitrogens with zero attached hydrogens (tertiary/aromatic N) is 3. The summed E-state index contributed by atoms with van der Waals surface area (Å²) in [6.07, 6.45) is 1.73. The second-order valence-electron chi connectivity index (χ2n) is 6.29. The van der Waals surface area contributed by atoms with Crippen LogP contribution in [0.5, 0.6) is 0 Å². The largest absolute Gasteiger partial charge is 0.325 e. The van der Waals surface area contributed by atoms with Crippen molar-refractivity contribution in [2.75, 3.05) is 29.9 Å². The van der Waals surface area contributed by atoms with Crippen LogP contribution in [0.4, 0.5) is 16.2 Å². The molecule has 4 rings (SSSR count). The number of hydrogen-bond acceptors (Lipinski definition) is 3. The van der Waals surface area contributed by atoms with E-state index in [4.69, 9.17) is 11.6 Å². The SMILES string of the molecule is O=C(CN1CCN(c2cccc(Cl)c2)C1=O)Nc1ccc2ncccc2c1. The van der Waals surface area contributed by atoms with Crippen LogP contribution < -0.4 is 10.2 Å². The fraction of sp³-hybridized carbons (Fsp3) is 0.150. The van der Waals surface area contributed by atoms with Crippen LogP contribution in [-0.2, 0) is 4.79 Å². The number of nitrogens with one attached hydrogen (secondary N) is 1. The monoisotopic (exact) mass is 380 g/mol. The Bertz CT molecular complexity index is 1020. The topological polar surface area (TPSA) is 65.5 Å². The Kier molecular flexibility index (Phi) is 4.64. The minimum Gasteiger partial charge on any atom is -0.325 e. The van der Waals surface area contributed by atoms with Crippen LogP contribution in [-0.4, -0.2) is 41.5 Å². The average molecular weight is 381 g/mol. The number of hydrogen-bond donors (Lipinski definition) is 1. The number of halogens is 1. The quantitative estimate of drug-likeness (QED) is 0.749. The van der Waals surface area contributed by atoms with Crippen molar-refractivity contribution in [2.45, 2.75) is 0 Å². The molecule has 0 saturated carbocycles. The molecular formula is C20H17ClN4O2. The molecule has 2 heterocycles. The van der Waals surface area contributed by atoms with Gasteiger partial charge in [-0.15, -0.1) is 0 Å². The van der Waals surface area contributed by atoms with Gasteiger partial charge in [0.15, 0.2) is 0 Å². The van der Waals surface area contributed by atoms with Gasteiger partial charge in [0, 0.05) is 41.1 Å². The molecule has 1 aromatic heterocycles. The van der Waals surface area contributed by atoms with Crippen molar-refractivity contribution >= 4 is 45.8 Å². The fourth-order valence-corrected chi connectivity index (χ4v) is 3.32. The molecule has 136 valence electrons. The predicted molar refractivity (Wildman–Crippen MR) is 106 cm³/mol. The first kappa shape index (κ1) is 17.3. The molecule has 1 aliphatic heterocycles. The Morgan fingerprint density at radius 2 is 2.00 bits per heavy atom. The summed E-state index contributed by atoms with van der Waals surface area (Å²) in [6.45, 7) is 1.01. The molecule has 0 aliphatic carbocycles. The third kappa shape index (κ3) is 3.71. The number of anilines is 2. The number of aromatic nitrogens is 1. The summed E-state index contributed by atoms with van der Waals surface area (Å²) < 4.78 is 0. The normalized spacial score (nSPS) is 14.0. The van der Waals surface area contributed by atoms with Crippen LogP contribution in [0, 0.1) is 0 Å². The lowest BCUT2D eigenvalue weighted by molar-refractivity contribution is -0.116. The maximum atomic E-state index is 12.6. The standard InChI is InChI=1S/C20H17ClN4O2/c21-15-4-1-5-17(12-15)25-10-9-24(20(25)27)13-19(26)23-16-6-7-18-14(11-16)3-2-8-22-18/h1-8,11-12H,9-10,13H2,(H,23,26). The fourth-order valence-electron chi connectivity index (χ4n) is 3.14. The van der Waals surface area contributed by atoms with Gasteiger partial charge >= 0.3 is 6.03 Å². The Morgan fingerprint density at radius 1 is 1.11 bits per heavy atom. The summed E-state index contributed by atoms with van der Waals surface area (Å²) in [4.78, 5) is 32.4. The van der Waals surface area contributed by atoms with Crippen LogP contribution in [0.2, 0.25) is 5.02 Å². The van der Waals surface area contributed by atoms with Crippen molar-refractivity contribution in [3.05, 3.63) is 65.8 Å². The van der Waals surface area contributed by atoms with Gasteiger partial charge in [0.1, 0.15) is 6.54 Å². The van der Waals surface area contributed by atoms with E-state index in [0.29, 0.717) is 23.8 Å². The molecule has 2 aromatic carbocycles. The van der Waals surface area contributed by atoms with Crippen molar-refractivity contribution in [3.8, 4) is 0 Å². The average Bonchev–Trinajstić information content (AvgIpc) is 3.02. The number of carbonyl (C=O) groups is 2. The molecule has 3 amide bonds. The Labute approximate surface area is 161 Å². The highest BCUT2D eigenvalue weighted by Crippen LogP contribution is 2.23. The van der Waals surface area contributed by atoms with Crippen LogP contribution in [0.25, 0.3) is 10.9 Å². The number of carbonyl (C=O) groups excluding carboxylic acids is 2. The first-order valence-electron chi connectivity index (χ1n) is 8.57. The van der Waals surface area contributed by atoms with Crippen molar-refractivity contribution in [2.24, 2.45) is 0 Å². The third-order valence-electron chi connectivity index (χ3n) is 4.44. The van der Waals surface area contributed by atoms with Crippen LogP contribution in [0.1, 0.15) is 0 Å². The lowest BCUT2D eigenvalue weighted by Crippen LogP contribution is -2.37. The second kappa shape index (κ2) is 7.25. The summed E-state index contributed by atoms with van der Waals surface area (Å²) in [7, 11) is 0. The van der Waals surface area contributed by atoms with E-state index in [9.17, 15) is 9.59 Å². The molecule has 1 aliphatic rings. The van der Waals surface area contributed by atoms with E-state index in [1.807, 2.05) is 30.3 Å². The zero-order chi connectivity index (χ0) is 18.8. The third-order valence-corrected chi connectivity index (χ3v) is 4.67. The Hall–Kier alpha value is -3.12. The van der Waals surface area contributed by atoms with Gasteiger partial charge in [-0.2, -0.15) is 0 Å². The van der Waals surface area contributed by atoms with Crippen molar-refractivity contribution in [1.29, 1.82) is 0 Å². The molecule has 1 fully saturated rings. The van der Waals surface area contributed by atoms with Gasteiger partial charge in [-0.1, -0.05) is 23.7 Å². The number of pyridine rings is 1. The minimum absolute atomic E-state index is 0.000968. The van der Waals surface area contributed by atoms with E-state index in [1.165, 1.54) is 4.90 Å². The molecular weight excluding hydrogens is 364 g/mol. The molecule has 0 atom stereocenters. The molecule has 0 spiro atoms. The maximum Gasteiger partial charge on any atom is 0.325 e. The minimum atomic E-state index is -0.237. The summed E-state index contributed by atoms with van der Waals surface area (Å²) in [5.74, 6) is -0.237. The molecule has 1 N–H and O–H groups in total. The summed E-state index contributed by atoms with van der Waals surface area (Å²) in [6, 6.07) is 16.2. The van der Waals surface area contributed by atoms with Gasteiger partial charge < -0.3 is 10.2 Å². The van der Waals surface area contributed by atoms with Gasteiger partial charge in [-0.25, -0.2) is 4.79 Å². The second-order valence-corrected chi connectivity index (χ2v) is 6.73. The lowest BCUT2D eigenvalue weighted by Gasteiger charge is -2.18. The van der Waals surface area contributed by atoms with E-state index in [2.05, 4.69) is 10.3 Å². The van der Waals surface area contributed by atoms with E-state index in [1.54, 1.807) is 35.4 Å². The van der Waals surface area contributed by atoms with Crippen LogP contribution >= 0.6 is 11.6 Å². The first-order chi connectivity index (χ1) is 13.1. The van der Waals surface area contributed by atoms with Gasteiger partial charge in [0.2, 0.25) is 5.91 Å². The smallest absolute Gasteiger partial charge is 0.325 e. The van der Waals surface area contributed by atoms with Crippen molar-refractivity contribution in [1.82, 2.24) is 9.88 Å². The van der Waals surface area contributed by atoms with E-state index in [0.717, 1.165) is 16.6 Å². The highest BCUT2D eigenvalue weighted by Gasteiger charge is 2.30. The van der Waals surface area contributed by atoms with E-state index >= 15 is 0 Å². The maximum absolute atomic E-state index is 12.6. The number of benzene rings is 2. The van der Waals surface area contributed by atoms with Gasteiger partial charge in [0.05, 0.1) is 5.52 Å². The van der Waals surface area contributed by atoms with Crippen molar-refractivity contribution in [3.63, 3.8) is 0 Å².